The third-order valence-electron chi connectivity index (χ3n) is 3.69. The molecule has 22 heavy (non-hydrogen) atoms. The van der Waals surface area contributed by atoms with Crippen molar-refractivity contribution in [2.24, 2.45) is 0 Å². The van der Waals surface area contributed by atoms with E-state index in [1.165, 1.54) is 0 Å². The topological polar surface area (TPSA) is 81.6 Å². The number of morpholine rings is 1. The Morgan fingerprint density at radius 3 is 3.05 bits per heavy atom. The van der Waals surface area contributed by atoms with Gasteiger partial charge in [0.15, 0.2) is 5.82 Å². The first kappa shape index (κ1) is 13.2. The van der Waals surface area contributed by atoms with Gasteiger partial charge in [0, 0.05) is 25.9 Å². The molecule has 3 aromatic rings. The first-order chi connectivity index (χ1) is 10.7. The lowest BCUT2D eigenvalue weighted by Crippen LogP contribution is -2.39. The first-order valence-corrected chi connectivity index (χ1v) is 7.18. The highest BCUT2D eigenvalue weighted by Crippen LogP contribution is 2.26. The smallest absolute Gasteiger partial charge is 0.223 e. The number of aromatic nitrogens is 5. The highest BCUT2D eigenvalue weighted by molar-refractivity contribution is 5.69. The van der Waals surface area contributed by atoms with Gasteiger partial charge in [-0.1, -0.05) is 5.16 Å². The lowest BCUT2D eigenvalue weighted by Gasteiger charge is -2.32. The minimum Gasteiger partial charge on any atom is -0.366 e. The third-order valence-corrected chi connectivity index (χ3v) is 3.69. The van der Waals surface area contributed by atoms with Gasteiger partial charge in [-0.05, 0) is 13.0 Å². The van der Waals surface area contributed by atoms with Crippen LogP contribution < -0.4 is 4.90 Å². The van der Waals surface area contributed by atoms with Crippen molar-refractivity contribution in [3.8, 4) is 0 Å². The molecule has 0 unspecified atom stereocenters. The van der Waals surface area contributed by atoms with Crippen LogP contribution in [0, 0.1) is 13.8 Å². The number of nitrogens with zero attached hydrogens (tertiary/aromatic N) is 6. The monoisotopic (exact) mass is 300 g/mol. The average Bonchev–Trinajstić information content (AvgIpc) is 3.11. The van der Waals surface area contributed by atoms with Crippen molar-refractivity contribution in [2.45, 2.75) is 20.0 Å². The maximum Gasteiger partial charge on any atom is 0.223 e. The molecule has 0 saturated carbocycles. The van der Waals surface area contributed by atoms with Gasteiger partial charge < -0.3 is 14.2 Å². The summed E-state index contributed by atoms with van der Waals surface area (Å²) in [4.78, 5) is 11.0. The summed E-state index contributed by atoms with van der Waals surface area (Å²) in [5.74, 6) is 2.03. The summed E-state index contributed by atoms with van der Waals surface area (Å²) in [5, 5.41) is 8.39. The summed E-state index contributed by atoms with van der Waals surface area (Å²) in [7, 11) is 0. The largest absolute Gasteiger partial charge is 0.366 e. The summed E-state index contributed by atoms with van der Waals surface area (Å²) < 4.78 is 12.7. The maximum atomic E-state index is 5.77. The average molecular weight is 300 g/mol. The Morgan fingerprint density at radius 1 is 1.32 bits per heavy atom. The zero-order chi connectivity index (χ0) is 15.1. The van der Waals surface area contributed by atoms with Gasteiger partial charge in [-0.15, -0.1) is 0 Å². The molecule has 0 bridgehead atoms. The fraction of sp³-hybridized carbons (Fsp3) is 0.429. The van der Waals surface area contributed by atoms with Gasteiger partial charge in [0.2, 0.25) is 11.7 Å². The molecule has 8 heteroatoms. The lowest BCUT2D eigenvalue weighted by molar-refractivity contribution is 0.0324. The van der Waals surface area contributed by atoms with Gasteiger partial charge in [-0.3, -0.25) is 0 Å². The quantitative estimate of drug-likeness (QED) is 0.705. The van der Waals surface area contributed by atoms with Crippen LogP contribution in [-0.4, -0.2) is 44.4 Å². The molecule has 0 amide bonds. The second kappa shape index (κ2) is 5.06. The van der Waals surface area contributed by atoms with Gasteiger partial charge in [0.25, 0.3) is 0 Å². The molecule has 1 saturated heterocycles. The Morgan fingerprint density at radius 2 is 2.23 bits per heavy atom. The van der Waals surface area contributed by atoms with E-state index in [1.54, 1.807) is 13.1 Å². The van der Waals surface area contributed by atoms with E-state index in [2.05, 4.69) is 25.1 Å². The normalized spacial score (nSPS) is 19.0. The fourth-order valence-electron chi connectivity index (χ4n) is 2.72. The fourth-order valence-corrected chi connectivity index (χ4v) is 2.72. The second-order valence-electron chi connectivity index (χ2n) is 5.34. The Labute approximate surface area is 126 Å². The Balaban J connectivity index is 1.66. The minimum atomic E-state index is -0.211. The lowest BCUT2D eigenvalue weighted by atomic mass is 10.2. The van der Waals surface area contributed by atoms with Crippen LogP contribution >= 0.6 is 0 Å². The second-order valence-corrected chi connectivity index (χ2v) is 5.34. The van der Waals surface area contributed by atoms with Crippen LogP contribution in [0.15, 0.2) is 23.0 Å². The van der Waals surface area contributed by atoms with Crippen molar-refractivity contribution in [3.05, 3.63) is 35.9 Å². The van der Waals surface area contributed by atoms with Crippen molar-refractivity contribution in [1.82, 2.24) is 24.7 Å². The van der Waals surface area contributed by atoms with Crippen molar-refractivity contribution in [1.29, 1.82) is 0 Å². The van der Waals surface area contributed by atoms with E-state index in [-0.39, 0.29) is 6.10 Å². The van der Waals surface area contributed by atoms with E-state index in [0.29, 0.717) is 24.9 Å². The zero-order valence-electron chi connectivity index (χ0n) is 12.4. The van der Waals surface area contributed by atoms with Gasteiger partial charge in [-0.2, -0.15) is 10.1 Å². The van der Waals surface area contributed by atoms with Crippen LogP contribution in [-0.2, 0) is 4.74 Å². The van der Waals surface area contributed by atoms with E-state index in [1.807, 2.05) is 23.7 Å². The van der Waals surface area contributed by atoms with Crippen LogP contribution in [0.5, 0.6) is 0 Å². The highest BCUT2D eigenvalue weighted by atomic mass is 16.5. The highest BCUT2D eigenvalue weighted by Gasteiger charge is 2.27. The molecule has 1 aliphatic heterocycles. The van der Waals surface area contributed by atoms with Crippen molar-refractivity contribution in [2.75, 3.05) is 24.6 Å². The van der Waals surface area contributed by atoms with Gasteiger partial charge in [0.05, 0.1) is 18.8 Å². The Hall–Kier alpha value is -2.48. The number of hydrogen-bond donors (Lipinski definition) is 0. The molecule has 1 atom stereocenters. The van der Waals surface area contributed by atoms with Crippen LogP contribution in [0.25, 0.3) is 5.52 Å². The van der Waals surface area contributed by atoms with Gasteiger partial charge in [-0.25, -0.2) is 9.50 Å². The van der Waals surface area contributed by atoms with Crippen LogP contribution in [0.4, 0.5) is 5.82 Å². The van der Waals surface area contributed by atoms with Crippen molar-refractivity contribution < 1.29 is 9.26 Å². The van der Waals surface area contributed by atoms with Crippen molar-refractivity contribution in [3.63, 3.8) is 0 Å². The number of fused-ring (bicyclic) bond motifs is 1. The molecule has 4 heterocycles. The molecule has 1 fully saturated rings. The molecular formula is C14H16N6O2. The number of ether oxygens (including phenoxy) is 1. The number of hydrogen-bond acceptors (Lipinski definition) is 7. The van der Waals surface area contributed by atoms with E-state index < -0.39 is 0 Å². The molecule has 8 nitrogen and oxygen atoms in total. The summed E-state index contributed by atoms with van der Waals surface area (Å²) >= 11 is 0. The van der Waals surface area contributed by atoms with Crippen LogP contribution in [0.2, 0.25) is 0 Å². The molecule has 0 aliphatic carbocycles. The molecule has 0 aromatic carbocycles. The molecule has 0 spiro atoms. The molecular weight excluding hydrogens is 284 g/mol. The maximum absolute atomic E-state index is 5.77. The van der Waals surface area contributed by atoms with Crippen LogP contribution in [0.3, 0.4) is 0 Å². The van der Waals surface area contributed by atoms with E-state index in [0.717, 1.165) is 23.6 Å². The zero-order valence-corrected chi connectivity index (χ0v) is 12.4. The number of anilines is 1. The minimum absolute atomic E-state index is 0.211. The summed E-state index contributed by atoms with van der Waals surface area (Å²) in [6.07, 6.45) is 3.40. The van der Waals surface area contributed by atoms with Gasteiger partial charge in [0.1, 0.15) is 11.6 Å². The summed E-state index contributed by atoms with van der Waals surface area (Å²) in [6, 6.07) is 2.03. The van der Waals surface area contributed by atoms with Gasteiger partial charge >= 0.3 is 0 Å². The Kier molecular flexibility index (Phi) is 3.04. The van der Waals surface area contributed by atoms with E-state index in [4.69, 9.17) is 9.26 Å². The molecule has 114 valence electrons. The number of aryl methyl sites for hydroxylation is 2. The first-order valence-electron chi connectivity index (χ1n) is 7.18. The van der Waals surface area contributed by atoms with E-state index in [9.17, 15) is 0 Å². The van der Waals surface area contributed by atoms with Crippen molar-refractivity contribution >= 4 is 11.3 Å². The molecule has 0 N–H and O–H groups in total. The molecule has 0 radical (unpaired) electrons. The molecule has 4 rings (SSSR count). The molecule has 1 aliphatic rings. The Bertz CT molecular complexity index is 811. The summed E-state index contributed by atoms with van der Waals surface area (Å²) in [5.41, 5.74) is 1.96. The van der Waals surface area contributed by atoms with Crippen LogP contribution in [0.1, 0.15) is 23.5 Å². The summed E-state index contributed by atoms with van der Waals surface area (Å²) in [6.45, 7) is 5.74. The van der Waals surface area contributed by atoms with E-state index >= 15 is 0 Å². The predicted molar refractivity (Wildman–Crippen MR) is 77.7 cm³/mol. The predicted octanol–water partition coefficient (Wildman–Crippen LogP) is 1.31. The SMILES string of the molecule is Cc1cc2c(N3CCO[C@@H](c4noc(C)n4)C3)nccn2n1. The number of rotatable bonds is 2. The molecule has 3 aromatic heterocycles. The standard InChI is InChI=1S/C14H16N6O2/c1-9-7-11-14(15-3-4-20(11)17-9)19-5-6-21-12(8-19)13-16-10(2)22-18-13/h3-4,7,12H,5-6,8H2,1-2H3/t12-/m1/s1. The third kappa shape index (κ3) is 2.21.